The van der Waals surface area contributed by atoms with Gasteiger partial charge in [0, 0.05) is 16.6 Å². The van der Waals surface area contributed by atoms with E-state index in [4.69, 9.17) is 11.6 Å². The highest BCUT2D eigenvalue weighted by Crippen LogP contribution is 2.24. The second-order valence-electron chi connectivity index (χ2n) is 4.95. The van der Waals surface area contributed by atoms with E-state index >= 15 is 0 Å². The molecular formula is C16H16ClNO3S. The molecule has 0 saturated heterocycles. The highest BCUT2D eigenvalue weighted by Gasteiger charge is 2.20. The highest BCUT2D eigenvalue weighted by atomic mass is 35.5. The highest BCUT2D eigenvalue weighted by molar-refractivity contribution is 7.89. The molecule has 0 unspecified atom stereocenters. The molecule has 0 saturated carbocycles. The molecule has 1 N–H and O–H groups in total. The average Bonchev–Trinajstić information content (AvgIpc) is 2.47. The molecule has 0 spiro atoms. The number of rotatable bonds is 5. The number of nitrogens with one attached hydrogen (secondary N) is 1. The van der Waals surface area contributed by atoms with E-state index in [0.717, 1.165) is 0 Å². The molecule has 116 valence electrons. The first kappa shape index (κ1) is 16.7. The Morgan fingerprint density at radius 1 is 1.14 bits per heavy atom. The maximum absolute atomic E-state index is 12.4. The average molecular weight is 338 g/mol. The standard InChI is InChI=1S/C16H16ClNO3S/c1-11(15-8-3-4-9-16(15)17)18-22(20,21)14-7-5-6-13(10-14)12(2)19/h3-11,18H,1-2H3/t11-/m0/s1. The van der Waals surface area contributed by atoms with Crippen LogP contribution in [0.4, 0.5) is 0 Å². The second kappa shape index (κ2) is 6.60. The largest absolute Gasteiger partial charge is 0.295 e. The third-order valence-corrected chi connectivity index (χ3v) is 5.14. The first-order valence-corrected chi connectivity index (χ1v) is 8.55. The second-order valence-corrected chi connectivity index (χ2v) is 7.07. The van der Waals surface area contributed by atoms with Crippen molar-refractivity contribution in [3.63, 3.8) is 0 Å². The van der Waals surface area contributed by atoms with Crippen LogP contribution >= 0.6 is 11.6 Å². The van der Waals surface area contributed by atoms with Crippen molar-refractivity contribution in [1.29, 1.82) is 0 Å². The van der Waals surface area contributed by atoms with E-state index in [1.807, 2.05) is 0 Å². The predicted molar refractivity (Wildman–Crippen MR) is 86.6 cm³/mol. The number of hydrogen-bond donors (Lipinski definition) is 1. The Morgan fingerprint density at radius 2 is 1.82 bits per heavy atom. The van der Waals surface area contributed by atoms with Crippen molar-refractivity contribution in [2.24, 2.45) is 0 Å². The Balaban J connectivity index is 2.30. The third-order valence-electron chi connectivity index (χ3n) is 3.25. The quantitative estimate of drug-likeness (QED) is 0.848. The van der Waals surface area contributed by atoms with Crippen molar-refractivity contribution < 1.29 is 13.2 Å². The zero-order chi connectivity index (χ0) is 16.3. The SMILES string of the molecule is CC(=O)c1cccc(S(=O)(=O)N[C@@H](C)c2ccccc2Cl)c1. The summed E-state index contributed by atoms with van der Waals surface area (Å²) in [6.07, 6.45) is 0. The van der Waals surface area contributed by atoms with E-state index < -0.39 is 16.1 Å². The van der Waals surface area contributed by atoms with Gasteiger partial charge >= 0.3 is 0 Å². The van der Waals surface area contributed by atoms with Gasteiger partial charge < -0.3 is 0 Å². The summed E-state index contributed by atoms with van der Waals surface area (Å²) in [5, 5.41) is 0.496. The van der Waals surface area contributed by atoms with Crippen LogP contribution in [0.25, 0.3) is 0 Å². The summed E-state index contributed by atoms with van der Waals surface area (Å²) in [5.74, 6) is -0.184. The number of carbonyl (C=O) groups excluding carboxylic acids is 1. The lowest BCUT2D eigenvalue weighted by Crippen LogP contribution is -2.27. The monoisotopic (exact) mass is 337 g/mol. The minimum Gasteiger partial charge on any atom is -0.295 e. The van der Waals surface area contributed by atoms with Gasteiger partial charge in [-0.2, -0.15) is 0 Å². The van der Waals surface area contributed by atoms with E-state index in [2.05, 4.69) is 4.72 Å². The number of hydrogen-bond acceptors (Lipinski definition) is 3. The first-order chi connectivity index (χ1) is 10.3. The lowest BCUT2D eigenvalue weighted by Gasteiger charge is -2.16. The Bertz CT molecular complexity index is 803. The summed E-state index contributed by atoms with van der Waals surface area (Å²) in [5.41, 5.74) is 1.05. The minimum atomic E-state index is -3.74. The molecule has 0 aliphatic rings. The summed E-state index contributed by atoms with van der Waals surface area (Å²) in [6.45, 7) is 3.11. The fraction of sp³-hybridized carbons (Fsp3) is 0.188. The molecule has 22 heavy (non-hydrogen) atoms. The van der Waals surface area contributed by atoms with Gasteiger partial charge in [-0.05, 0) is 37.6 Å². The number of benzene rings is 2. The topological polar surface area (TPSA) is 63.2 Å². The van der Waals surface area contributed by atoms with Crippen molar-refractivity contribution in [2.45, 2.75) is 24.8 Å². The lowest BCUT2D eigenvalue weighted by atomic mass is 10.1. The van der Waals surface area contributed by atoms with E-state index in [9.17, 15) is 13.2 Å². The van der Waals surface area contributed by atoms with Gasteiger partial charge in [0.05, 0.1) is 4.90 Å². The molecule has 0 heterocycles. The van der Waals surface area contributed by atoms with Crippen LogP contribution in [0.1, 0.15) is 35.8 Å². The smallest absolute Gasteiger partial charge is 0.241 e. The van der Waals surface area contributed by atoms with E-state index in [-0.39, 0.29) is 10.7 Å². The van der Waals surface area contributed by atoms with Gasteiger partial charge in [0.2, 0.25) is 10.0 Å². The van der Waals surface area contributed by atoms with Crippen molar-refractivity contribution in [1.82, 2.24) is 4.72 Å². The number of sulfonamides is 1. The molecule has 0 aromatic heterocycles. The van der Waals surface area contributed by atoms with Gasteiger partial charge in [-0.1, -0.05) is 41.9 Å². The van der Waals surface area contributed by atoms with Crippen molar-refractivity contribution in [3.8, 4) is 0 Å². The molecule has 0 aliphatic heterocycles. The van der Waals surface area contributed by atoms with Crippen molar-refractivity contribution >= 4 is 27.4 Å². The molecule has 2 rings (SSSR count). The molecule has 2 aromatic rings. The summed E-state index contributed by atoms with van der Waals surface area (Å²) >= 11 is 6.08. The van der Waals surface area contributed by atoms with Gasteiger partial charge in [-0.25, -0.2) is 13.1 Å². The molecule has 6 heteroatoms. The minimum absolute atomic E-state index is 0.0547. The summed E-state index contributed by atoms with van der Waals surface area (Å²) in [6, 6.07) is 12.5. The Hall–Kier alpha value is -1.69. The van der Waals surface area contributed by atoms with Crippen LogP contribution in [0, 0.1) is 0 Å². The van der Waals surface area contributed by atoms with Crippen LogP contribution < -0.4 is 4.72 Å². The van der Waals surface area contributed by atoms with E-state index in [0.29, 0.717) is 16.1 Å². The maximum Gasteiger partial charge on any atom is 0.241 e. The van der Waals surface area contributed by atoms with E-state index in [1.165, 1.54) is 19.1 Å². The van der Waals surface area contributed by atoms with Gasteiger partial charge in [0.15, 0.2) is 5.78 Å². The van der Waals surface area contributed by atoms with Crippen LogP contribution in [0.15, 0.2) is 53.4 Å². The van der Waals surface area contributed by atoms with Crippen LogP contribution in [0.3, 0.4) is 0 Å². The number of Topliss-reactive ketones (excluding diaryl/α,β-unsaturated/α-hetero) is 1. The Labute approximate surface area is 135 Å². The number of halogens is 1. The molecule has 0 radical (unpaired) electrons. The van der Waals surface area contributed by atoms with Gasteiger partial charge in [-0.15, -0.1) is 0 Å². The molecule has 1 atom stereocenters. The van der Waals surface area contributed by atoms with Gasteiger partial charge in [0.25, 0.3) is 0 Å². The molecule has 0 bridgehead atoms. The molecule has 0 aliphatic carbocycles. The fourth-order valence-electron chi connectivity index (χ4n) is 2.07. The van der Waals surface area contributed by atoms with Gasteiger partial charge in [-0.3, -0.25) is 4.79 Å². The van der Waals surface area contributed by atoms with Crippen LogP contribution in [-0.4, -0.2) is 14.2 Å². The van der Waals surface area contributed by atoms with Crippen LogP contribution in [-0.2, 0) is 10.0 Å². The van der Waals surface area contributed by atoms with Crippen LogP contribution in [0.5, 0.6) is 0 Å². The van der Waals surface area contributed by atoms with Crippen LogP contribution in [0.2, 0.25) is 5.02 Å². The van der Waals surface area contributed by atoms with Gasteiger partial charge in [0.1, 0.15) is 0 Å². The lowest BCUT2D eigenvalue weighted by molar-refractivity contribution is 0.101. The normalized spacial score (nSPS) is 12.9. The number of ketones is 1. The summed E-state index contributed by atoms with van der Waals surface area (Å²) in [4.78, 5) is 11.4. The Morgan fingerprint density at radius 3 is 2.45 bits per heavy atom. The predicted octanol–water partition coefficient (Wildman–Crippen LogP) is 3.58. The first-order valence-electron chi connectivity index (χ1n) is 6.69. The van der Waals surface area contributed by atoms with E-state index in [1.54, 1.807) is 43.3 Å². The molecule has 4 nitrogen and oxygen atoms in total. The third kappa shape index (κ3) is 3.74. The zero-order valence-electron chi connectivity index (χ0n) is 12.2. The molecule has 0 fully saturated rings. The molecule has 0 amide bonds. The summed E-state index contributed by atoms with van der Waals surface area (Å²) in [7, 11) is -3.74. The number of carbonyl (C=O) groups is 1. The maximum atomic E-state index is 12.4. The Kier molecular flexibility index (Phi) is 5.01. The summed E-state index contributed by atoms with van der Waals surface area (Å²) < 4.78 is 27.4. The van der Waals surface area contributed by atoms with Crippen molar-refractivity contribution in [2.75, 3.05) is 0 Å². The zero-order valence-corrected chi connectivity index (χ0v) is 13.8. The molecule has 2 aromatic carbocycles. The van der Waals surface area contributed by atoms with Crippen molar-refractivity contribution in [3.05, 3.63) is 64.7 Å². The fourth-order valence-corrected chi connectivity index (χ4v) is 3.64. The molecular weight excluding hydrogens is 322 g/mol.